The summed E-state index contributed by atoms with van der Waals surface area (Å²) in [7, 11) is 4.30. The topological polar surface area (TPSA) is 52.1 Å². The van der Waals surface area contributed by atoms with Crippen LogP contribution in [0.15, 0.2) is 29.3 Å². The zero-order valence-corrected chi connectivity index (χ0v) is 18.8. The molecule has 0 amide bonds. The molecule has 7 heteroatoms. The molecule has 6 nitrogen and oxygen atoms in total. The zero-order chi connectivity index (χ0) is 21.4. The number of benzene rings is 1. The SMILES string of the molecule is CCNC(=NCC1(N(C)C)CCOCC1)NC1CCN(Cc2ccc(F)cc2)CC1. The number of halogens is 1. The van der Waals surface area contributed by atoms with Gasteiger partial charge >= 0.3 is 0 Å². The van der Waals surface area contributed by atoms with Gasteiger partial charge in [0.1, 0.15) is 5.82 Å². The van der Waals surface area contributed by atoms with Crippen molar-refractivity contribution in [2.75, 3.05) is 53.5 Å². The highest BCUT2D eigenvalue weighted by molar-refractivity contribution is 5.80. The highest BCUT2D eigenvalue weighted by Crippen LogP contribution is 2.26. The Bertz CT molecular complexity index is 665. The number of nitrogens with zero attached hydrogens (tertiary/aromatic N) is 3. The largest absolute Gasteiger partial charge is 0.381 e. The van der Waals surface area contributed by atoms with E-state index in [4.69, 9.17) is 9.73 Å². The Morgan fingerprint density at radius 1 is 1.20 bits per heavy atom. The van der Waals surface area contributed by atoms with Crippen LogP contribution in [0.3, 0.4) is 0 Å². The van der Waals surface area contributed by atoms with Crippen LogP contribution in [-0.4, -0.2) is 80.8 Å². The lowest BCUT2D eigenvalue weighted by Gasteiger charge is -2.42. The van der Waals surface area contributed by atoms with Gasteiger partial charge in [-0.1, -0.05) is 12.1 Å². The van der Waals surface area contributed by atoms with Gasteiger partial charge in [0.05, 0.1) is 6.54 Å². The fourth-order valence-electron chi connectivity index (χ4n) is 4.32. The van der Waals surface area contributed by atoms with Gasteiger partial charge in [-0.2, -0.15) is 0 Å². The minimum absolute atomic E-state index is 0.0825. The van der Waals surface area contributed by atoms with Gasteiger partial charge in [-0.25, -0.2) is 4.39 Å². The van der Waals surface area contributed by atoms with Crippen molar-refractivity contribution < 1.29 is 9.13 Å². The molecule has 2 aliphatic heterocycles. The normalized spacial score (nSPS) is 21.0. The van der Waals surface area contributed by atoms with Gasteiger partial charge in [-0.15, -0.1) is 0 Å². The highest BCUT2D eigenvalue weighted by atomic mass is 19.1. The van der Waals surface area contributed by atoms with Gasteiger partial charge in [-0.05, 0) is 64.4 Å². The Balaban J connectivity index is 1.51. The van der Waals surface area contributed by atoms with Gasteiger partial charge in [0.15, 0.2) is 5.96 Å². The summed E-state index contributed by atoms with van der Waals surface area (Å²) >= 11 is 0. The molecule has 2 heterocycles. The molecular formula is C23H38FN5O. The molecule has 2 saturated heterocycles. The molecule has 2 fully saturated rings. The molecule has 1 aromatic carbocycles. The van der Waals surface area contributed by atoms with Crippen molar-refractivity contribution in [3.8, 4) is 0 Å². The first-order valence-electron chi connectivity index (χ1n) is 11.3. The molecule has 3 rings (SSSR count). The summed E-state index contributed by atoms with van der Waals surface area (Å²) in [5.74, 6) is 0.746. The van der Waals surface area contributed by atoms with Gasteiger partial charge in [0, 0.05) is 51.0 Å². The molecule has 30 heavy (non-hydrogen) atoms. The standard InChI is InChI=1S/C23H38FN5O/c1-4-25-22(26-18-23(28(2)3)11-15-30-16-12-23)27-21-9-13-29(14-10-21)17-19-5-7-20(24)8-6-19/h5-8,21H,4,9-18H2,1-3H3,(H2,25,26,27). The summed E-state index contributed by atoms with van der Waals surface area (Å²) in [6.07, 6.45) is 4.20. The fourth-order valence-corrected chi connectivity index (χ4v) is 4.32. The number of ether oxygens (including phenoxy) is 1. The minimum Gasteiger partial charge on any atom is -0.381 e. The Morgan fingerprint density at radius 3 is 2.47 bits per heavy atom. The van der Waals surface area contributed by atoms with E-state index in [-0.39, 0.29) is 11.4 Å². The average molecular weight is 420 g/mol. The third-order valence-electron chi connectivity index (χ3n) is 6.50. The van der Waals surface area contributed by atoms with E-state index in [0.29, 0.717) is 6.04 Å². The van der Waals surface area contributed by atoms with Crippen LogP contribution in [0.4, 0.5) is 4.39 Å². The van der Waals surface area contributed by atoms with Crippen molar-refractivity contribution in [3.05, 3.63) is 35.6 Å². The molecule has 0 atom stereocenters. The predicted octanol–water partition coefficient (Wildman–Crippen LogP) is 2.46. The zero-order valence-electron chi connectivity index (χ0n) is 18.8. The van der Waals surface area contributed by atoms with Crippen LogP contribution >= 0.6 is 0 Å². The summed E-state index contributed by atoms with van der Waals surface area (Å²) < 4.78 is 18.7. The first kappa shape index (κ1) is 23.0. The van der Waals surface area contributed by atoms with Gasteiger partial charge in [0.2, 0.25) is 0 Å². The maximum Gasteiger partial charge on any atom is 0.191 e. The number of aliphatic imine (C=N–C) groups is 1. The van der Waals surface area contributed by atoms with Gasteiger partial charge in [-0.3, -0.25) is 9.89 Å². The first-order valence-corrected chi connectivity index (χ1v) is 11.3. The van der Waals surface area contributed by atoms with Crippen molar-refractivity contribution in [3.63, 3.8) is 0 Å². The summed E-state index contributed by atoms with van der Waals surface area (Å²) in [4.78, 5) is 9.73. The minimum atomic E-state index is -0.173. The first-order chi connectivity index (χ1) is 14.5. The average Bonchev–Trinajstić information content (AvgIpc) is 2.76. The lowest BCUT2D eigenvalue weighted by molar-refractivity contribution is -0.00256. The number of guanidine groups is 1. The van der Waals surface area contributed by atoms with Crippen molar-refractivity contribution in [2.45, 2.75) is 50.7 Å². The molecule has 168 valence electrons. The Labute approximate surface area is 180 Å². The number of likely N-dealkylation sites (N-methyl/N-ethyl adjacent to an activating group) is 1. The molecule has 2 aliphatic rings. The smallest absolute Gasteiger partial charge is 0.191 e. The van der Waals surface area contributed by atoms with Crippen molar-refractivity contribution in [1.82, 2.24) is 20.4 Å². The van der Waals surface area contributed by atoms with Crippen LogP contribution in [0.2, 0.25) is 0 Å². The molecule has 0 saturated carbocycles. The molecule has 0 bridgehead atoms. The van der Waals surface area contributed by atoms with Crippen LogP contribution in [0, 0.1) is 5.82 Å². The number of piperidine rings is 1. The van der Waals surface area contributed by atoms with E-state index in [1.165, 1.54) is 5.56 Å². The van der Waals surface area contributed by atoms with Gasteiger partial charge in [0.25, 0.3) is 0 Å². The Hall–Kier alpha value is -1.70. The highest BCUT2D eigenvalue weighted by Gasteiger charge is 2.34. The Kier molecular flexibility index (Phi) is 8.48. The lowest BCUT2D eigenvalue weighted by atomic mass is 9.89. The third-order valence-corrected chi connectivity index (χ3v) is 6.50. The molecular weight excluding hydrogens is 381 g/mol. The molecule has 0 spiro atoms. The van der Waals surface area contributed by atoms with Crippen LogP contribution in [0.25, 0.3) is 0 Å². The molecule has 0 aliphatic carbocycles. The summed E-state index contributed by atoms with van der Waals surface area (Å²) in [6.45, 7) is 8.32. The van der Waals surface area contributed by atoms with Crippen LogP contribution in [0.5, 0.6) is 0 Å². The number of rotatable bonds is 7. The van der Waals surface area contributed by atoms with Crippen LogP contribution < -0.4 is 10.6 Å². The summed E-state index contributed by atoms with van der Waals surface area (Å²) in [5, 5.41) is 7.08. The maximum atomic E-state index is 13.1. The predicted molar refractivity (Wildman–Crippen MR) is 120 cm³/mol. The van der Waals surface area contributed by atoms with Crippen LogP contribution in [-0.2, 0) is 11.3 Å². The van der Waals surface area contributed by atoms with E-state index in [9.17, 15) is 4.39 Å². The van der Waals surface area contributed by atoms with E-state index in [2.05, 4.69) is 41.5 Å². The monoisotopic (exact) mass is 419 g/mol. The second-order valence-corrected chi connectivity index (χ2v) is 8.75. The molecule has 0 aromatic heterocycles. The lowest BCUT2D eigenvalue weighted by Crippen LogP contribution is -2.52. The number of hydrogen-bond donors (Lipinski definition) is 2. The van der Waals surface area contributed by atoms with Crippen molar-refractivity contribution >= 4 is 5.96 Å². The van der Waals surface area contributed by atoms with Crippen molar-refractivity contribution in [1.29, 1.82) is 0 Å². The molecule has 2 N–H and O–H groups in total. The quantitative estimate of drug-likeness (QED) is 0.525. The molecule has 1 aromatic rings. The number of nitrogens with one attached hydrogen (secondary N) is 2. The van der Waals surface area contributed by atoms with E-state index in [1.54, 1.807) is 12.1 Å². The van der Waals surface area contributed by atoms with E-state index in [1.807, 2.05) is 12.1 Å². The summed E-state index contributed by atoms with van der Waals surface area (Å²) in [6, 6.07) is 7.28. The van der Waals surface area contributed by atoms with Crippen LogP contribution in [0.1, 0.15) is 38.2 Å². The van der Waals surface area contributed by atoms with E-state index >= 15 is 0 Å². The van der Waals surface area contributed by atoms with Crippen molar-refractivity contribution in [2.24, 2.45) is 4.99 Å². The Morgan fingerprint density at radius 2 is 1.87 bits per heavy atom. The maximum absolute atomic E-state index is 13.1. The number of hydrogen-bond acceptors (Lipinski definition) is 4. The summed E-state index contributed by atoms with van der Waals surface area (Å²) in [5.41, 5.74) is 1.25. The van der Waals surface area contributed by atoms with E-state index in [0.717, 1.165) is 77.6 Å². The number of likely N-dealkylation sites (tertiary alicyclic amines) is 1. The fraction of sp³-hybridized carbons (Fsp3) is 0.696. The second kappa shape index (κ2) is 11.1. The molecule has 0 radical (unpaired) electrons. The molecule has 0 unspecified atom stereocenters. The second-order valence-electron chi connectivity index (χ2n) is 8.75. The third kappa shape index (κ3) is 6.40. The van der Waals surface area contributed by atoms with E-state index < -0.39 is 0 Å². The van der Waals surface area contributed by atoms with Gasteiger partial charge < -0.3 is 20.3 Å².